The van der Waals surface area contributed by atoms with Crippen molar-refractivity contribution in [2.75, 3.05) is 0 Å². The second-order valence-electron chi connectivity index (χ2n) is 6.62. The molecule has 2 aromatic carbocycles. The van der Waals surface area contributed by atoms with Gasteiger partial charge in [0.05, 0.1) is 6.54 Å². The number of aromatic nitrogens is 3. The highest BCUT2D eigenvalue weighted by molar-refractivity contribution is 7.98. The highest BCUT2D eigenvalue weighted by atomic mass is 35.5. The van der Waals surface area contributed by atoms with Crippen LogP contribution in [0.4, 0.5) is 0 Å². The van der Waals surface area contributed by atoms with E-state index in [4.69, 9.17) is 11.6 Å². The largest absolute Gasteiger partial charge is 0.348 e. The molecule has 0 radical (unpaired) electrons. The zero-order chi connectivity index (χ0) is 20.1. The fraction of sp³-hybridized carbons (Fsp3) is 0.286. The fourth-order valence-electron chi connectivity index (χ4n) is 2.68. The van der Waals surface area contributed by atoms with E-state index in [1.54, 1.807) is 18.7 Å². The minimum absolute atomic E-state index is 0.228. The molecule has 0 saturated carbocycles. The van der Waals surface area contributed by atoms with E-state index in [2.05, 4.69) is 34.6 Å². The molecule has 0 saturated heterocycles. The molecule has 1 atom stereocenters. The zero-order valence-electron chi connectivity index (χ0n) is 16.1. The molecule has 3 rings (SSSR count). The standard InChI is InChI=1S/C21H23ClN4OS/c1-14-8-10-18(11-9-14)26-19(12-23-20(27)16(3)22)24-25-21(26)28-13-17-7-5-4-6-15(17)2/h4-11,16H,12-13H2,1-3H3,(H,23,27). The number of hydrogen-bond acceptors (Lipinski definition) is 4. The first-order chi connectivity index (χ1) is 13.5. The van der Waals surface area contributed by atoms with Crippen molar-refractivity contribution in [1.29, 1.82) is 0 Å². The number of halogens is 1. The van der Waals surface area contributed by atoms with Gasteiger partial charge in [-0.15, -0.1) is 21.8 Å². The van der Waals surface area contributed by atoms with Crippen LogP contribution in [0.15, 0.2) is 53.7 Å². The lowest BCUT2D eigenvalue weighted by atomic mass is 10.1. The Kier molecular flexibility index (Phi) is 6.75. The third kappa shape index (κ3) is 4.94. The number of carbonyl (C=O) groups is 1. The molecule has 7 heteroatoms. The van der Waals surface area contributed by atoms with Gasteiger partial charge in [0.2, 0.25) is 5.91 Å². The minimum atomic E-state index is -0.592. The third-order valence-corrected chi connectivity index (χ3v) is 5.57. The van der Waals surface area contributed by atoms with Crippen molar-refractivity contribution in [3.8, 4) is 5.69 Å². The first kappa shape index (κ1) is 20.4. The number of nitrogens with one attached hydrogen (secondary N) is 1. The quantitative estimate of drug-likeness (QED) is 0.459. The van der Waals surface area contributed by atoms with Gasteiger partial charge >= 0.3 is 0 Å². The summed E-state index contributed by atoms with van der Waals surface area (Å²) in [6.45, 7) is 6.06. The normalized spacial score (nSPS) is 12.0. The van der Waals surface area contributed by atoms with Gasteiger partial charge in [0.1, 0.15) is 5.38 Å². The maximum atomic E-state index is 11.9. The minimum Gasteiger partial charge on any atom is -0.348 e. The molecule has 1 N–H and O–H groups in total. The molecular weight excluding hydrogens is 392 g/mol. The molecule has 0 aliphatic rings. The van der Waals surface area contributed by atoms with E-state index in [1.807, 2.05) is 47.9 Å². The third-order valence-electron chi connectivity index (χ3n) is 4.39. The number of thioether (sulfide) groups is 1. The molecule has 0 aliphatic carbocycles. The number of benzene rings is 2. The van der Waals surface area contributed by atoms with Gasteiger partial charge in [-0.25, -0.2) is 0 Å². The van der Waals surface area contributed by atoms with E-state index in [0.717, 1.165) is 16.6 Å². The van der Waals surface area contributed by atoms with Crippen molar-refractivity contribution in [3.63, 3.8) is 0 Å². The van der Waals surface area contributed by atoms with E-state index < -0.39 is 5.38 Å². The summed E-state index contributed by atoms with van der Waals surface area (Å²) >= 11 is 7.47. The van der Waals surface area contributed by atoms with Crippen LogP contribution in [-0.4, -0.2) is 26.0 Å². The van der Waals surface area contributed by atoms with Crippen LogP contribution >= 0.6 is 23.4 Å². The van der Waals surface area contributed by atoms with E-state index in [1.165, 1.54) is 16.7 Å². The Morgan fingerprint density at radius 1 is 1.14 bits per heavy atom. The molecule has 146 valence electrons. The summed E-state index contributed by atoms with van der Waals surface area (Å²) in [6.07, 6.45) is 0. The number of alkyl halides is 1. The lowest BCUT2D eigenvalue weighted by Crippen LogP contribution is -2.30. The van der Waals surface area contributed by atoms with Gasteiger partial charge in [0.25, 0.3) is 0 Å². The second kappa shape index (κ2) is 9.26. The number of nitrogens with zero attached hydrogens (tertiary/aromatic N) is 3. The predicted molar refractivity (Wildman–Crippen MR) is 114 cm³/mol. The van der Waals surface area contributed by atoms with Gasteiger partial charge in [-0.05, 0) is 44.0 Å². The molecular formula is C21H23ClN4OS. The van der Waals surface area contributed by atoms with Crippen molar-refractivity contribution in [2.24, 2.45) is 0 Å². The zero-order valence-corrected chi connectivity index (χ0v) is 17.7. The number of hydrogen-bond donors (Lipinski definition) is 1. The van der Waals surface area contributed by atoms with Crippen molar-refractivity contribution < 1.29 is 4.79 Å². The summed E-state index contributed by atoms with van der Waals surface area (Å²) in [7, 11) is 0. The maximum absolute atomic E-state index is 11.9. The Morgan fingerprint density at radius 2 is 1.86 bits per heavy atom. The molecule has 1 aromatic heterocycles. The average molecular weight is 415 g/mol. The van der Waals surface area contributed by atoms with Crippen LogP contribution < -0.4 is 5.32 Å². The van der Waals surface area contributed by atoms with E-state index in [-0.39, 0.29) is 12.5 Å². The molecule has 0 aliphatic heterocycles. The Labute approximate surface area is 174 Å². The number of carbonyl (C=O) groups excluding carboxylic acids is 1. The Morgan fingerprint density at radius 3 is 2.54 bits per heavy atom. The summed E-state index contributed by atoms with van der Waals surface area (Å²) in [5.74, 6) is 1.23. The first-order valence-electron chi connectivity index (χ1n) is 9.06. The smallest absolute Gasteiger partial charge is 0.238 e. The van der Waals surface area contributed by atoms with Gasteiger partial charge in [0.15, 0.2) is 11.0 Å². The molecule has 0 fully saturated rings. The van der Waals surface area contributed by atoms with Crippen molar-refractivity contribution >= 4 is 29.3 Å². The first-order valence-corrected chi connectivity index (χ1v) is 10.5. The Bertz CT molecular complexity index is 953. The van der Waals surface area contributed by atoms with Gasteiger partial charge in [-0.1, -0.05) is 53.7 Å². The Balaban J connectivity index is 1.87. The molecule has 28 heavy (non-hydrogen) atoms. The Hall–Kier alpha value is -2.31. The molecule has 1 amide bonds. The van der Waals surface area contributed by atoms with E-state index in [9.17, 15) is 4.79 Å². The maximum Gasteiger partial charge on any atom is 0.238 e. The van der Waals surface area contributed by atoms with E-state index in [0.29, 0.717) is 5.82 Å². The molecule has 0 spiro atoms. The number of aryl methyl sites for hydroxylation is 2. The monoisotopic (exact) mass is 414 g/mol. The highest BCUT2D eigenvalue weighted by Crippen LogP contribution is 2.26. The second-order valence-corrected chi connectivity index (χ2v) is 8.22. The van der Waals surface area contributed by atoms with Crippen LogP contribution in [0.2, 0.25) is 0 Å². The van der Waals surface area contributed by atoms with Crippen LogP contribution in [0.1, 0.15) is 29.4 Å². The number of rotatable bonds is 7. The lowest BCUT2D eigenvalue weighted by Gasteiger charge is -2.12. The summed E-state index contributed by atoms with van der Waals surface area (Å²) in [5, 5.41) is 11.7. The molecule has 1 unspecified atom stereocenters. The average Bonchev–Trinajstić information content (AvgIpc) is 3.08. The SMILES string of the molecule is Cc1ccc(-n2c(CNC(=O)C(C)Cl)nnc2SCc2ccccc2C)cc1. The van der Waals surface area contributed by atoms with Crippen LogP contribution in [0.25, 0.3) is 5.69 Å². The van der Waals surface area contributed by atoms with Crippen LogP contribution in [0.3, 0.4) is 0 Å². The van der Waals surface area contributed by atoms with Crippen molar-refractivity contribution in [2.45, 2.75) is 43.6 Å². The summed E-state index contributed by atoms with van der Waals surface area (Å²) < 4.78 is 1.99. The van der Waals surface area contributed by atoms with Gasteiger partial charge < -0.3 is 5.32 Å². The highest BCUT2D eigenvalue weighted by Gasteiger charge is 2.17. The predicted octanol–water partition coefficient (Wildman–Crippen LogP) is 4.42. The summed E-state index contributed by atoms with van der Waals surface area (Å²) in [5.41, 5.74) is 4.65. The van der Waals surface area contributed by atoms with Crippen LogP contribution in [0, 0.1) is 13.8 Å². The molecule has 1 heterocycles. The summed E-state index contributed by atoms with van der Waals surface area (Å²) in [6, 6.07) is 16.5. The van der Waals surface area contributed by atoms with Crippen LogP contribution in [0.5, 0.6) is 0 Å². The van der Waals surface area contributed by atoms with Gasteiger partial charge in [0, 0.05) is 11.4 Å². The fourth-order valence-corrected chi connectivity index (χ4v) is 3.81. The topological polar surface area (TPSA) is 59.8 Å². The molecule has 3 aromatic rings. The van der Waals surface area contributed by atoms with Crippen LogP contribution in [-0.2, 0) is 17.1 Å². The summed E-state index contributed by atoms with van der Waals surface area (Å²) in [4.78, 5) is 11.9. The van der Waals surface area contributed by atoms with Gasteiger partial charge in [-0.2, -0.15) is 0 Å². The van der Waals surface area contributed by atoms with Crippen molar-refractivity contribution in [1.82, 2.24) is 20.1 Å². The number of amides is 1. The van der Waals surface area contributed by atoms with Gasteiger partial charge in [-0.3, -0.25) is 9.36 Å². The van der Waals surface area contributed by atoms with Crippen molar-refractivity contribution in [3.05, 3.63) is 71.0 Å². The lowest BCUT2D eigenvalue weighted by molar-refractivity contribution is -0.120. The molecule has 0 bridgehead atoms. The molecule has 5 nitrogen and oxygen atoms in total. The van der Waals surface area contributed by atoms with E-state index >= 15 is 0 Å².